The van der Waals surface area contributed by atoms with Gasteiger partial charge >= 0.3 is 5.97 Å². The molecule has 0 fully saturated rings. The van der Waals surface area contributed by atoms with Gasteiger partial charge in [-0.3, -0.25) is 4.79 Å². The summed E-state index contributed by atoms with van der Waals surface area (Å²) >= 11 is 13.0. The number of halogens is 2. The molecule has 0 aromatic heterocycles. The van der Waals surface area contributed by atoms with Crippen LogP contribution in [0.1, 0.15) is 16.8 Å². The maximum absolute atomic E-state index is 11.9. The Morgan fingerprint density at radius 3 is 2.72 bits per heavy atom. The third kappa shape index (κ3) is 4.19. The zero-order chi connectivity index (χ0) is 13.7. The monoisotopic (exact) mass is 351 g/mol. The van der Waals surface area contributed by atoms with Crippen LogP contribution in [0.15, 0.2) is 22.7 Å². The van der Waals surface area contributed by atoms with E-state index in [1.54, 1.807) is 12.1 Å². The Balaban J connectivity index is 2.86. The van der Waals surface area contributed by atoms with Gasteiger partial charge in [0.1, 0.15) is 6.04 Å². The van der Waals surface area contributed by atoms with Crippen molar-refractivity contribution in [2.75, 3.05) is 5.75 Å². The Labute approximate surface area is 123 Å². The van der Waals surface area contributed by atoms with Gasteiger partial charge in [0.2, 0.25) is 0 Å². The van der Waals surface area contributed by atoms with Gasteiger partial charge < -0.3 is 10.4 Å². The van der Waals surface area contributed by atoms with Gasteiger partial charge in [0.05, 0.1) is 5.56 Å². The van der Waals surface area contributed by atoms with Crippen molar-refractivity contribution in [2.24, 2.45) is 0 Å². The summed E-state index contributed by atoms with van der Waals surface area (Å²) in [6, 6.07) is 3.78. The summed E-state index contributed by atoms with van der Waals surface area (Å²) in [7, 11) is 0. The van der Waals surface area contributed by atoms with E-state index in [1.807, 2.05) is 0 Å². The van der Waals surface area contributed by atoms with E-state index in [4.69, 9.17) is 16.7 Å². The average Bonchev–Trinajstić information content (AvgIpc) is 2.31. The van der Waals surface area contributed by atoms with E-state index in [0.29, 0.717) is 20.8 Å². The van der Waals surface area contributed by atoms with Crippen LogP contribution in [-0.4, -0.2) is 28.8 Å². The van der Waals surface area contributed by atoms with Gasteiger partial charge in [0, 0.05) is 9.50 Å². The third-order valence-corrected chi connectivity index (χ3v) is 3.38. The molecule has 0 radical (unpaired) electrons. The fourth-order valence-electron chi connectivity index (χ4n) is 1.29. The number of thiol groups is 1. The van der Waals surface area contributed by atoms with Crippen LogP contribution in [0.25, 0.3) is 0 Å². The van der Waals surface area contributed by atoms with Gasteiger partial charge in [-0.2, -0.15) is 12.6 Å². The molecule has 18 heavy (non-hydrogen) atoms. The van der Waals surface area contributed by atoms with Gasteiger partial charge in [-0.15, -0.1) is 0 Å². The lowest BCUT2D eigenvalue weighted by atomic mass is 10.1. The Morgan fingerprint density at radius 1 is 1.50 bits per heavy atom. The minimum atomic E-state index is -1.09. The van der Waals surface area contributed by atoms with Crippen LogP contribution in [0.4, 0.5) is 0 Å². The molecule has 1 unspecified atom stereocenters. The number of carboxylic acids is 1. The summed E-state index contributed by atoms with van der Waals surface area (Å²) in [6.07, 6.45) is 0.252. The summed E-state index contributed by atoms with van der Waals surface area (Å²) < 4.78 is 0.555. The molecular weight excluding hydrogens is 342 g/mol. The van der Waals surface area contributed by atoms with Crippen LogP contribution >= 0.6 is 40.2 Å². The Bertz CT molecular complexity index is 470. The van der Waals surface area contributed by atoms with Crippen molar-refractivity contribution >= 4 is 52.0 Å². The number of carbonyl (C=O) groups excluding carboxylic acids is 1. The van der Waals surface area contributed by atoms with Crippen molar-refractivity contribution in [1.82, 2.24) is 5.32 Å². The predicted molar refractivity (Wildman–Crippen MR) is 76.5 cm³/mol. The van der Waals surface area contributed by atoms with Gasteiger partial charge in [0.25, 0.3) is 5.91 Å². The smallest absolute Gasteiger partial charge is 0.326 e. The number of carboxylic acid groups (broad SMARTS) is 1. The number of hydrogen-bond acceptors (Lipinski definition) is 3. The van der Waals surface area contributed by atoms with E-state index in [-0.39, 0.29) is 6.42 Å². The maximum atomic E-state index is 11.9. The zero-order valence-corrected chi connectivity index (χ0v) is 12.4. The van der Waals surface area contributed by atoms with Gasteiger partial charge in [-0.25, -0.2) is 4.79 Å². The van der Waals surface area contributed by atoms with Crippen LogP contribution in [0.2, 0.25) is 5.02 Å². The second-order valence-corrected chi connectivity index (χ2v) is 5.24. The molecule has 0 aliphatic carbocycles. The fraction of sp³-hybridized carbons (Fsp3) is 0.273. The molecule has 2 N–H and O–H groups in total. The number of carbonyl (C=O) groups is 2. The molecule has 0 saturated carbocycles. The standard InChI is InChI=1S/C11H11BrClNO3S/c12-8-2-1-6(13)5-7(8)10(15)14-9(3-4-18)11(16)17/h1-2,5,9,18H,3-4H2,(H,14,15)(H,16,17). The van der Waals surface area contributed by atoms with Crippen molar-refractivity contribution in [1.29, 1.82) is 0 Å². The molecule has 98 valence electrons. The second-order valence-electron chi connectivity index (χ2n) is 3.50. The second kappa shape index (κ2) is 7.01. The first-order chi connectivity index (χ1) is 8.45. The Morgan fingerprint density at radius 2 is 2.17 bits per heavy atom. The number of rotatable bonds is 5. The van der Waals surface area contributed by atoms with Crippen molar-refractivity contribution in [3.63, 3.8) is 0 Å². The van der Waals surface area contributed by atoms with E-state index in [0.717, 1.165) is 0 Å². The quantitative estimate of drug-likeness (QED) is 0.714. The molecule has 1 amide bonds. The Kier molecular flexibility index (Phi) is 5.98. The molecule has 0 saturated heterocycles. The number of amides is 1. The van der Waals surface area contributed by atoms with E-state index >= 15 is 0 Å². The largest absolute Gasteiger partial charge is 0.480 e. The summed E-state index contributed by atoms with van der Waals surface area (Å²) in [4.78, 5) is 22.8. The maximum Gasteiger partial charge on any atom is 0.326 e. The SMILES string of the molecule is O=C(NC(CCS)C(=O)O)c1cc(Cl)ccc1Br. The van der Waals surface area contributed by atoms with Crippen LogP contribution in [0.3, 0.4) is 0 Å². The highest BCUT2D eigenvalue weighted by Gasteiger charge is 2.21. The van der Waals surface area contributed by atoms with E-state index < -0.39 is 17.9 Å². The number of hydrogen-bond donors (Lipinski definition) is 3. The van der Waals surface area contributed by atoms with E-state index in [9.17, 15) is 9.59 Å². The molecule has 4 nitrogen and oxygen atoms in total. The zero-order valence-electron chi connectivity index (χ0n) is 9.19. The predicted octanol–water partition coefficient (Wildman–Crippen LogP) is 2.61. The molecule has 1 rings (SSSR count). The van der Waals surface area contributed by atoms with Crippen LogP contribution in [-0.2, 0) is 4.79 Å². The summed E-state index contributed by atoms with van der Waals surface area (Å²) in [5.74, 6) is -1.21. The average molecular weight is 353 g/mol. The molecule has 0 spiro atoms. The van der Waals surface area contributed by atoms with Gasteiger partial charge in [0.15, 0.2) is 0 Å². The van der Waals surface area contributed by atoms with Crippen molar-refractivity contribution in [3.8, 4) is 0 Å². The molecule has 1 aromatic carbocycles. The molecular formula is C11H11BrClNO3S. The minimum Gasteiger partial charge on any atom is -0.480 e. The minimum absolute atomic E-state index is 0.252. The van der Waals surface area contributed by atoms with Crippen LogP contribution in [0.5, 0.6) is 0 Å². The molecule has 0 aliphatic heterocycles. The highest BCUT2D eigenvalue weighted by atomic mass is 79.9. The number of nitrogens with one attached hydrogen (secondary N) is 1. The first-order valence-corrected chi connectivity index (χ1v) is 6.85. The molecule has 1 aromatic rings. The van der Waals surface area contributed by atoms with Crippen molar-refractivity contribution in [2.45, 2.75) is 12.5 Å². The first kappa shape index (κ1) is 15.3. The number of benzene rings is 1. The molecule has 1 atom stereocenters. The molecule has 0 bridgehead atoms. The lowest BCUT2D eigenvalue weighted by Crippen LogP contribution is -2.41. The molecule has 0 aliphatic rings. The molecule has 7 heteroatoms. The van der Waals surface area contributed by atoms with Crippen molar-refractivity contribution < 1.29 is 14.7 Å². The molecule has 0 heterocycles. The van der Waals surface area contributed by atoms with Crippen LogP contribution in [0, 0.1) is 0 Å². The van der Waals surface area contributed by atoms with Crippen molar-refractivity contribution in [3.05, 3.63) is 33.3 Å². The lowest BCUT2D eigenvalue weighted by Gasteiger charge is -2.14. The summed E-state index contributed by atoms with van der Waals surface area (Å²) in [5.41, 5.74) is 0.299. The van der Waals surface area contributed by atoms with Crippen LogP contribution < -0.4 is 5.32 Å². The lowest BCUT2D eigenvalue weighted by molar-refractivity contribution is -0.139. The number of aliphatic carboxylic acids is 1. The topological polar surface area (TPSA) is 66.4 Å². The first-order valence-electron chi connectivity index (χ1n) is 5.05. The Hall–Kier alpha value is -0.720. The highest BCUT2D eigenvalue weighted by molar-refractivity contribution is 9.10. The van der Waals surface area contributed by atoms with E-state index in [1.165, 1.54) is 6.07 Å². The third-order valence-electron chi connectivity index (χ3n) is 2.19. The highest BCUT2D eigenvalue weighted by Crippen LogP contribution is 2.21. The van der Waals surface area contributed by atoms with E-state index in [2.05, 4.69) is 33.9 Å². The summed E-state index contributed by atoms with van der Waals surface area (Å²) in [5, 5.41) is 11.8. The normalized spacial score (nSPS) is 11.9. The summed E-state index contributed by atoms with van der Waals surface area (Å²) in [6.45, 7) is 0. The van der Waals surface area contributed by atoms with Gasteiger partial charge in [-0.05, 0) is 46.3 Å². The fourth-order valence-corrected chi connectivity index (χ4v) is 2.15. The van der Waals surface area contributed by atoms with Gasteiger partial charge in [-0.1, -0.05) is 11.6 Å².